The first-order valence-corrected chi connectivity index (χ1v) is 13.8. The van der Waals surface area contributed by atoms with Crippen molar-refractivity contribution in [3.8, 4) is 5.75 Å². The molecular formula is C28H21N3O6S2. The first-order chi connectivity index (χ1) is 18.8. The maximum atomic E-state index is 13.8. The summed E-state index contributed by atoms with van der Waals surface area (Å²) >= 11 is 2.23. The number of benzene rings is 3. The quantitative estimate of drug-likeness (QED) is 0.200. The van der Waals surface area contributed by atoms with Crippen molar-refractivity contribution in [1.29, 1.82) is 0 Å². The number of nitro benzene ring substituents is 1. The third-order valence-electron chi connectivity index (χ3n) is 6.91. The van der Waals surface area contributed by atoms with E-state index in [0.29, 0.717) is 22.3 Å². The Morgan fingerprint density at radius 1 is 0.949 bits per heavy atom. The number of H-pyrrole nitrogens is 1. The highest BCUT2D eigenvalue weighted by atomic mass is 32.2. The zero-order chi connectivity index (χ0) is 27.3. The number of imide groups is 1. The highest BCUT2D eigenvalue weighted by molar-refractivity contribution is 8.00. The Bertz CT molecular complexity index is 1640. The Labute approximate surface area is 230 Å². The molecule has 1 saturated heterocycles. The summed E-state index contributed by atoms with van der Waals surface area (Å²) in [4.78, 5) is 54.5. The van der Waals surface area contributed by atoms with Gasteiger partial charge in [-0.3, -0.25) is 24.5 Å². The van der Waals surface area contributed by atoms with Gasteiger partial charge in [-0.2, -0.15) is 0 Å². The molecule has 11 heteroatoms. The van der Waals surface area contributed by atoms with Crippen molar-refractivity contribution >= 4 is 46.3 Å². The van der Waals surface area contributed by atoms with Crippen LogP contribution in [0.15, 0.2) is 82.6 Å². The number of hydrogen-bond acceptors (Lipinski definition) is 8. The van der Waals surface area contributed by atoms with Gasteiger partial charge in [0, 0.05) is 22.9 Å². The fourth-order valence-electron chi connectivity index (χ4n) is 4.98. The lowest BCUT2D eigenvalue weighted by Gasteiger charge is -2.29. The monoisotopic (exact) mass is 559 g/mol. The fourth-order valence-corrected chi connectivity index (χ4v) is 7.49. The number of amides is 2. The molecule has 1 N–H and O–H groups in total. The van der Waals surface area contributed by atoms with Gasteiger partial charge in [-0.05, 0) is 42.3 Å². The number of anilines is 1. The van der Waals surface area contributed by atoms with Gasteiger partial charge < -0.3 is 9.72 Å². The van der Waals surface area contributed by atoms with E-state index < -0.39 is 33.8 Å². The van der Waals surface area contributed by atoms with Gasteiger partial charge in [0.05, 0.1) is 21.6 Å². The van der Waals surface area contributed by atoms with Crippen LogP contribution >= 0.6 is 23.1 Å². The summed E-state index contributed by atoms with van der Waals surface area (Å²) in [6.45, 7) is 2.43. The smallest absolute Gasteiger partial charge is 0.305 e. The molecule has 2 amide bonds. The lowest BCUT2D eigenvalue weighted by molar-refractivity contribution is -0.384. The second-order valence-corrected chi connectivity index (χ2v) is 11.5. The summed E-state index contributed by atoms with van der Waals surface area (Å²) in [7, 11) is 0. The zero-order valence-electron chi connectivity index (χ0n) is 20.5. The number of hydrogen-bond donors (Lipinski definition) is 1. The average Bonchev–Trinajstić information content (AvgIpc) is 3.43. The number of thioether (sulfide) groups is 1. The van der Waals surface area contributed by atoms with Crippen LogP contribution in [-0.4, -0.2) is 27.0 Å². The van der Waals surface area contributed by atoms with Crippen molar-refractivity contribution in [3.63, 3.8) is 0 Å². The molecule has 0 saturated carbocycles. The van der Waals surface area contributed by atoms with E-state index in [4.69, 9.17) is 4.74 Å². The predicted octanol–water partition coefficient (Wildman–Crippen LogP) is 5.03. The molecular weight excluding hydrogens is 538 g/mol. The Morgan fingerprint density at radius 3 is 2.31 bits per heavy atom. The van der Waals surface area contributed by atoms with Gasteiger partial charge in [-0.1, -0.05) is 65.1 Å². The van der Waals surface area contributed by atoms with E-state index in [1.54, 1.807) is 0 Å². The predicted molar refractivity (Wildman–Crippen MR) is 147 cm³/mol. The topological polar surface area (TPSA) is 123 Å². The van der Waals surface area contributed by atoms with Gasteiger partial charge in [0.1, 0.15) is 17.6 Å². The van der Waals surface area contributed by atoms with Crippen LogP contribution in [-0.2, 0) is 16.2 Å². The average molecular weight is 560 g/mol. The van der Waals surface area contributed by atoms with E-state index in [2.05, 4.69) is 4.98 Å². The molecule has 3 unspecified atom stereocenters. The number of carbonyl (C=O) groups is 2. The van der Waals surface area contributed by atoms with Crippen LogP contribution in [0.1, 0.15) is 27.5 Å². The number of non-ortho nitro benzene ring substituents is 1. The number of aromatic amines is 1. The minimum Gasteiger partial charge on any atom is -0.489 e. The number of carbonyl (C=O) groups excluding carboxylic acids is 2. The standard InChI is InChI=1S/C28H21N3O6S2/c1-15-2-4-16(5-3-15)14-37-20-12-6-17(7-13-20)21-22-24(38-25-23(21)39-28(34)29-25)27(33)30(26(22)32)18-8-10-19(11-9-18)31(35)36/h2-13,21-22,24H,14H2,1H3,(H,29,34). The number of thiazole rings is 1. The summed E-state index contributed by atoms with van der Waals surface area (Å²) < 4.78 is 5.94. The maximum Gasteiger partial charge on any atom is 0.305 e. The lowest BCUT2D eigenvalue weighted by Crippen LogP contribution is -2.32. The number of fused-ring (bicyclic) bond motifs is 2. The first kappa shape index (κ1) is 25.1. The molecule has 6 rings (SSSR count). The number of aryl methyl sites for hydroxylation is 1. The van der Waals surface area contributed by atoms with Gasteiger partial charge in [-0.15, -0.1) is 0 Å². The Morgan fingerprint density at radius 2 is 1.64 bits per heavy atom. The van der Waals surface area contributed by atoms with Crippen molar-refractivity contribution < 1.29 is 19.2 Å². The molecule has 0 radical (unpaired) electrons. The minimum absolute atomic E-state index is 0.132. The zero-order valence-corrected chi connectivity index (χ0v) is 22.2. The van der Waals surface area contributed by atoms with Crippen LogP contribution in [0.3, 0.4) is 0 Å². The molecule has 2 aliphatic heterocycles. The number of ether oxygens (including phenoxy) is 1. The molecule has 9 nitrogen and oxygen atoms in total. The van der Waals surface area contributed by atoms with E-state index in [1.807, 2.05) is 55.5 Å². The molecule has 1 fully saturated rings. The number of nitrogens with zero attached hydrogens (tertiary/aromatic N) is 2. The van der Waals surface area contributed by atoms with Crippen molar-refractivity contribution in [1.82, 2.24) is 4.98 Å². The number of rotatable bonds is 6. The molecule has 2 aliphatic rings. The third kappa shape index (κ3) is 4.53. The number of aromatic nitrogens is 1. The van der Waals surface area contributed by atoms with E-state index in [-0.39, 0.29) is 16.2 Å². The first-order valence-electron chi connectivity index (χ1n) is 12.1. The molecule has 3 atom stereocenters. The summed E-state index contributed by atoms with van der Waals surface area (Å²) in [6, 6.07) is 20.8. The van der Waals surface area contributed by atoms with Crippen LogP contribution in [0, 0.1) is 23.0 Å². The molecule has 0 aliphatic carbocycles. The van der Waals surface area contributed by atoms with Gasteiger partial charge in [0.15, 0.2) is 0 Å². The van der Waals surface area contributed by atoms with Crippen molar-refractivity contribution in [2.45, 2.75) is 29.7 Å². The summed E-state index contributed by atoms with van der Waals surface area (Å²) in [5.41, 5.74) is 3.15. The van der Waals surface area contributed by atoms with Crippen LogP contribution in [0.4, 0.5) is 11.4 Å². The van der Waals surface area contributed by atoms with Crippen molar-refractivity contribution in [2.24, 2.45) is 5.92 Å². The summed E-state index contributed by atoms with van der Waals surface area (Å²) in [5.74, 6) is -1.41. The normalized spacial score (nSPS) is 20.0. The van der Waals surface area contributed by atoms with Gasteiger partial charge in [0.25, 0.3) is 5.69 Å². The second kappa shape index (κ2) is 9.83. The third-order valence-corrected chi connectivity index (χ3v) is 9.31. The van der Waals surface area contributed by atoms with E-state index >= 15 is 0 Å². The Hall–Kier alpha value is -4.22. The fraction of sp³-hybridized carbons (Fsp3) is 0.179. The van der Waals surface area contributed by atoms with Crippen molar-refractivity contribution in [2.75, 3.05) is 4.90 Å². The van der Waals surface area contributed by atoms with E-state index in [9.17, 15) is 24.5 Å². The second-order valence-electron chi connectivity index (χ2n) is 9.38. The van der Waals surface area contributed by atoms with E-state index in [0.717, 1.165) is 27.4 Å². The molecule has 196 valence electrons. The minimum atomic E-state index is -0.743. The molecule has 4 aromatic rings. The van der Waals surface area contributed by atoms with E-state index in [1.165, 1.54) is 41.6 Å². The Kier molecular flexibility index (Phi) is 6.32. The van der Waals surface area contributed by atoms with Crippen LogP contribution < -0.4 is 14.5 Å². The van der Waals surface area contributed by atoms with Gasteiger partial charge in [0.2, 0.25) is 11.8 Å². The molecule has 1 aromatic heterocycles. The highest BCUT2D eigenvalue weighted by Gasteiger charge is 2.56. The van der Waals surface area contributed by atoms with Crippen LogP contribution in [0.2, 0.25) is 0 Å². The van der Waals surface area contributed by atoms with Gasteiger partial charge in [-0.25, -0.2) is 4.90 Å². The molecule has 3 aromatic carbocycles. The lowest BCUT2D eigenvalue weighted by atomic mass is 9.83. The number of nitro groups is 1. The molecule has 0 bridgehead atoms. The summed E-state index contributed by atoms with van der Waals surface area (Å²) in [5, 5.41) is 10.9. The highest BCUT2D eigenvalue weighted by Crippen LogP contribution is 2.53. The molecule has 0 spiro atoms. The molecule has 39 heavy (non-hydrogen) atoms. The molecule has 3 heterocycles. The van der Waals surface area contributed by atoms with Crippen molar-refractivity contribution in [3.05, 3.63) is 114 Å². The van der Waals surface area contributed by atoms with Gasteiger partial charge >= 0.3 is 4.87 Å². The SMILES string of the molecule is Cc1ccc(COc2ccc(C3c4sc(=O)[nH]c4SC4C(=O)N(c5ccc([N+](=O)[O-])cc5)C(=O)C43)cc2)cc1. The Balaban J connectivity index is 1.31. The number of nitrogens with one attached hydrogen (secondary N) is 1. The summed E-state index contributed by atoms with van der Waals surface area (Å²) in [6.07, 6.45) is 0. The largest absolute Gasteiger partial charge is 0.489 e. The van der Waals surface area contributed by atoms with Crippen LogP contribution in [0.5, 0.6) is 5.75 Å². The maximum absolute atomic E-state index is 13.8. The van der Waals surface area contributed by atoms with Crippen LogP contribution in [0.25, 0.3) is 0 Å².